The van der Waals surface area contributed by atoms with Crippen molar-refractivity contribution >= 4 is 11.8 Å². The Balaban J connectivity index is 2.26. The molecule has 1 unspecified atom stereocenters. The van der Waals surface area contributed by atoms with Crippen LogP contribution in [0.4, 0.5) is 4.39 Å². The second kappa shape index (κ2) is 6.08. The number of thioether (sulfide) groups is 1. The van der Waals surface area contributed by atoms with Crippen molar-refractivity contribution in [1.29, 1.82) is 0 Å². The van der Waals surface area contributed by atoms with Crippen LogP contribution in [0.1, 0.15) is 18.5 Å². The lowest BCUT2D eigenvalue weighted by Crippen LogP contribution is -2.07. The van der Waals surface area contributed by atoms with Gasteiger partial charge in [0.25, 0.3) is 0 Å². The first-order valence-corrected chi connectivity index (χ1v) is 7.19. The summed E-state index contributed by atoms with van der Waals surface area (Å²) in [7, 11) is 0. The summed E-state index contributed by atoms with van der Waals surface area (Å²) < 4.78 is 19.0. The predicted molar refractivity (Wildman–Crippen MR) is 77.3 cm³/mol. The summed E-state index contributed by atoms with van der Waals surface area (Å²) in [5.74, 6) is 0.997. The zero-order valence-corrected chi connectivity index (χ0v) is 11.7. The van der Waals surface area contributed by atoms with Crippen LogP contribution in [0.15, 0.2) is 47.4 Å². The van der Waals surface area contributed by atoms with E-state index in [1.54, 1.807) is 24.8 Å². The summed E-state index contributed by atoms with van der Waals surface area (Å²) in [4.78, 5) is 1.17. The van der Waals surface area contributed by atoms with Crippen LogP contribution in [-0.2, 0) is 0 Å². The van der Waals surface area contributed by atoms with Crippen LogP contribution in [0, 0.1) is 5.82 Å². The van der Waals surface area contributed by atoms with Gasteiger partial charge in [-0.25, -0.2) is 4.39 Å². The van der Waals surface area contributed by atoms with E-state index in [1.807, 2.05) is 30.5 Å². The quantitative estimate of drug-likeness (QED) is 0.843. The molecule has 1 atom stereocenters. The summed E-state index contributed by atoms with van der Waals surface area (Å²) in [6, 6.07) is 11.9. The van der Waals surface area contributed by atoms with E-state index in [4.69, 9.17) is 10.5 Å². The van der Waals surface area contributed by atoms with Gasteiger partial charge in [-0.05, 0) is 55.6 Å². The number of ether oxygens (including phenoxy) is 1. The van der Waals surface area contributed by atoms with Crippen molar-refractivity contribution < 1.29 is 9.13 Å². The van der Waals surface area contributed by atoms with Crippen molar-refractivity contribution in [1.82, 2.24) is 0 Å². The monoisotopic (exact) mass is 277 g/mol. The van der Waals surface area contributed by atoms with Gasteiger partial charge in [-0.1, -0.05) is 0 Å². The molecule has 19 heavy (non-hydrogen) atoms. The van der Waals surface area contributed by atoms with Crippen molar-refractivity contribution in [2.75, 3.05) is 6.26 Å². The minimum Gasteiger partial charge on any atom is -0.457 e. The van der Waals surface area contributed by atoms with E-state index in [0.717, 1.165) is 0 Å². The summed E-state index contributed by atoms with van der Waals surface area (Å²) in [5.41, 5.74) is 6.49. The highest BCUT2D eigenvalue weighted by Crippen LogP contribution is 2.30. The number of nitrogens with two attached hydrogens (primary N) is 1. The molecule has 0 bridgehead atoms. The van der Waals surface area contributed by atoms with Crippen LogP contribution in [0.2, 0.25) is 0 Å². The first-order chi connectivity index (χ1) is 9.10. The number of benzene rings is 2. The Kier molecular flexibility index (Phi) is 4.45. The fourth-order valence-corrected chi connectivity index (χ4v) is 2.15. The second-order valence-electron chi connectivity index (χ2n) is 4.25. The Hall–Kier alpha value is -1.52. The molecule has 100 valence electrons. The molecule has 2 aromatic rings. The highest BCUT2D eigenvalue weighted by Gasteiger charge is 2.10. The van der Waals surface area contributed by atoms with Gasteiger partial charge in [-0.3, -0.25) is 0 Å². The van der Waals surface area contributed by atoms with Gasteiger partial charge in [-0.2, -0.15) is 0 Å². The number of hydrogen-bond donors (Lipinski definition) is 1. The molecule has 0 radical (unpaired) electrons. The van der Waals surface area contributed by atoms with Gasteiger partial charge in [0, 0.05) is 16.5 Å². The number of hydrogen-bond acceptors (Lipinski definition) is 3. The summed E-state index contributed by atoms with van der Waals surface area (Å²) >= 11 is 1.67. The normalized spacial score (nSPS) is 12.2. The first kappa shape index (κ1) is 13.9. The summed E-state index contributed by atoms with van der Waals surface area (Å²) in [5, 5.41) is 0. The van der Waals surface area contributed by atoms with Gasteiger partial charge < -0.3 is 10.5 Å². The van der Waals surface area contributed by atoms with E-state index >= 15 is 0 Å². The SMILES string of the molecule is CSc1ccc(Oc2ccc(F)cc2C(C)N)cc1. The maximum atomic E-state index is 13.2. The Morgan fingerprint density at radius 2 is 1.84 bits per heavy atom. The molecule has 0 aliphatic rings. The lowest BCUT2D eigenvalue weighted by atomic mass is 10.1. The summed E-state index contributed by atoms with van der Waals surface area (Å²) in [6.07, 6.45) is 2.02. The van der Waals surface area contributed by atoms with Gasteiger partial charge >= 0.3 is 0 Å². The second-order valence-corrected chi connectivity index (χ2v) is 5.13. The zero-order valence-electron chi connectivity index (χ0n) is 10.9. The van der Waals surface area contributed by atoms with Crippen molar-refractivity contribution in [2.24, 2.45) is 5.73 Å². The van der Waals surface area contributed by atoms with Gasteiger partial charge in [-0.15, -0.1) is 11.8 Å². The molecule has 0 aliphatic heterocycles. The van der Waals surface area contributed by atoms with E-state index < -0.39 is 0 Å². The number of rotatable bonds is 4. The van der Waals surface area contributed by atoms with Gasteiger partial charge in [0.05, 0.1) is 0 Å². The number of halogens is 1. The standard InChI is InChI=1S/C15H16FNOS/c1-10(17)14-9-11(16)3-8-15(14)18-12-4-6-13(19-2)7-5-12/h3-10H,17H2,1-2H3. The van der Waals surface area contributed by atoms with E-state index in [2.05, 4.69) is 0 Å². The maximum absolute atomic E-state index is 13.2. The van der Waals surface area contributed by atoms with E-state index in [-0.39, 0.29) is 11.9 Å². The predicted octanol–water partition coefficient (Wildman–Crippen LogP) is 4.36. The van der Waals surface area contributed by atoms with Crippen molar-refractivity contribution in [3.8, 4) is 11.5 Å². The Morgan fingerprint density at radius 1 is 1.16 bits per heavy atom. The Bertz CT molecular complexity index is 555. The van der Waals surface area contributed by atoms with Crippen molar-refractivity contribution in [3.05, 3.63) is 53.8 Å². The highest BCUT2D eigenvalue weighted by molar-refractivity contribution is 7.98. The molecular weight excluding hydrogens is 261 g/mol. The molecule has 0 aliphatic carbocycles. The molecule has 2 nitrogen and oxygen atoms in total. The van der Waals surface area contributed by atoms with Crippen LogP contribution in [0.25, 0.3) is 0 Å². The first-order valence-electron chi connectivity index (χ1n) is 5.97. The smallest absolute Gasteiger partial charge is 0.132 e. The minimum absolute atomic E-state index is 0.281. The highest BCUT2D eigenvalue weighted by atomic mass is 32.2. The molecule has 0 amide bonds. The molecule has 0 fully saturated rings. The Labute approximate surface area is 116 Å². The van der Waals surface area contributed by atoms with E-state index in [9.17, 15) is 4.39 Å². The van der Waals surface area contributed by atoms with Crippen molar-refractivity contribution in [2.45, 2.75) is 17.9 Å². The lowest BCUT2D eigenvalue weighted by molar-refractivity contribution is 0.469. The van der Waals surface area contributed by atoms with Crippen LogP contribution in [-0.4, -0.2) is 6.26 Å². The van der Waals surface area contributed by atoms with Gasteiger partial charge in [0.2, 0.25) is 0 Å². The molecule has 0 saturated carbocycles. The average Bonchev–Trinajstić information content (AvgIpc) is 2.41. The van der Waals surface area contributed by atoms with Gasteiger partial charge in [0.15, 0.2) is 0 Å². The third-order valence-corrected chi connectivity index (χ3v) is 3.49. The molecule has 4 heteroatoms. The molecule has 0 saturated heterocycles. The van der Waals surface area contributed by atoms with Crippen LogP contribution >= 0.6 is 11.8 Å². The minimum atomic E-state index is -0.308. The van der Waals surface area contributed by atoms with Crippen LogP contribution < -0.4 is 10.5 Å². The molecule has 2 rings (SSSR count). The lowest BCUT2D eigenvalue weighted by Gasteiger charge is -2.14. The van der Waals surface area contributed by atoms with Crippen molar-refractivity contribution in [3.63, 3.8) is 0 Å². The van der Waals surface area contributed by atoms with E-state index in [0.29, 0.717) is 17.1 Å². The third-order valence-electron chi connectivity index (χ3n) is 2.75. The molecule has 0 spiro atoms. The molecular formula is C15H16FNOS. The molecule has 2 N–H and O–H groups in total. The fraction of sp³-hybridized carbons (Fsp3) is 0.200. The largest absolute Gasteiger partial charge is 0.457 e. The zero-order chi connectivity index (χ0) is 13.8. The molecule has 2 aromatic carbocycles. The Morgan fingerprint density at radius 3 is 2.42 bits per heavy atom. The van der Waals surface area contributed by atoms with Gasteiger partial charge in [0.1, 0.15) is 17.3 Å². The van der Waals surface area contributed by atoms with E-state index in [1.165, 1.54) is 17.0 Å². The van der Waals surface area contributed by atoms with Crippen LogP contribution in [0.3, 0.4) is 0 Å². The van der Waals surface area contributed by atoms with Crippen LogP contribution in [0.5, 0.6) is 11.5 Å². The fourth-order valence-electron chi connectivity index (χ4n) is 1.74. The summed E-state index contributed by atoms with van der Waals surface area (Å²) in [6.45, 7) is 1.80. The average molecular weight is 277 g/mol. The molecule has 0 heterocycles. The molecule has 0 aromatic heterocycles. The maximum Gasteiger partial charge on any atom is 0.132 e. The topological polar surface area (TPSA) is 35.2 Å². The third kappa shape index (κ3) is 3.49.